The van der Waals surface area contributed by atoms with Crippen LogP contribution in [0.3, 0.4) is 0 Å². The number of aryl methyl sites for hydroxylation is 1. The fourth-order valence-corrected chi connectivity index (χ4v) is 5.25. The standard InChI is InChI=1S/C26H29FN6O/c1-2-21-23(18-4-6-22(28)30-14-18)24(32-16-31-21)17-3-5-19(20(27)13-17)25(34)33-12-9-26(15-33)7-10-29-11-8-26/h3-6,13-14,16,29H,2,7-12,15H2,1H3,(H2,28,30). The number of nitrogens with one attached hydrogen (secondary N) is 1. The summed E-state index contributed by atoms with van der Waals surface area (Å²) in [5.41, 5.74) is 9.68. The van der Waals surface area contributed by atoms with Gasteiger partial charge in [0, 0.05) is 36.0 Å². The first-order chi connectivity index (χ1) is 16.5. The topological polar surface area (TPSA) is 97.0 Å². The molecule has 34 heavy (non-hydrogen) atoms. The fraction of sp³-hybridized carbons (Fsp3) is 0.385. The van der Waals surface area contributed by atoms with E-state index in [-0.39, 0.29) is 16.9 Å². The van der Waals surface area contributed by atoms with Crippen molar-refractivity contribution in [3.05, 3.63) is 59.9 Å². The quantitative estimate of drug-likeness (QED) is 0.616. The number of likely N-dealkylation sites (tertiary alicyclic amines) is 1. The number of piperidine rings is 1. The molecule has 3 N–H and O–H groups in total. The summed E-state index contributed by atoms with van der Waals surface area (Å²) in [4.78, 5) is 28.1. The first kappa shape index (κ1) is 22.4. The van der Waals surface area contributed by atoms with Crippen LogP contribution in [0.15, 0.2) is 42.9 Å². The molecule has 0 unspecified atom stereocenters. The SMILES string of the molecule is CCc1ncnc(-c2ccc(C(=O)N3CCC4(CCNCC4)C3)c(F)c2)c1-c1ccc(N)nc1. The number of rotatable bonds is 4. The molecular weight excluding hydrogens is 431 g/mol. The van der Waals surface area contributed by atoms with Gasteiger partial charge in [0.05, 0.1) is 17.0 Å². The van der Waals surface area contributed by atoms with E-state index >= 15 is 4.39 Å². The summed E-state index contributed by atoms with van der Waals surface area (Å²) in [5, 5.41) is 3.39. The van der Waals surface area contributed by atoms with E-state index in [0.29, 0.717) is 36.6 Å². The van der Waals surface area contributed by atoms with Crippen LogP contribution in [-0.4, -0.2) is 51.9 Å². The second kappa shape index (κ2) is 9.10. The monoisotopic (exact) mass is 460 g/mol. The van der Waals surface area contributed by atoms with E-state index in [1.807, 2.05) is 17.9 Å². The molecule has 0 bridgehead atoms. The van der Waals surface area contributed by atoms with Crippen LogP contribution in [0.5, 0.6) is 0 Å². The third-order valence-corrected chi connectivity index (χ3v) is 7.20. The number of carbonyl (C=O) groups is 1. The Morgan fingerprint density at radius 2 is 1.91 bits per heavy atom. The summed E-state index contributed by atoms with van der Waals surface area (Å²) in [6, 6.07) is 8.34. The maximum absolute atomic E-state index is 15.3. The van der Waals surface area contributed by atoms with Gasteiger partial charge in [-0.2, -0.15) is 0 Å². The zero-order chi connectivity index (χ0) is 23.7. The molecule has 2 aromatic heterocycles. The van der Waals surface area contributed by atoms with E-state index in [0.717, 1.165) is 49.2 Å². The number of pyridine rings is 1. The highest BCUT2D eigenvalue weighted by Gasteiger charge is 2.41. The average molecular weight is 461 g/mol. The molecule has 2 fully saturated rings. The first-order valence-electron chi connectivity index (χ1n) is 11.9. The molecule has 0 atom stereocenters. The van der Waals surface area contributed by atoms with Gasteiger partial charge in [0.2, 0.25) is 0 Å². The van der Waals surface area contributed by atoms with Crippen molar-refractivity contribution in [1.29, 1.82) is 0 Å². The number of hydrogen-bond donors (Lipinski definition) is 2. The molecule has 0 aliphatic carbocycles. The predicted molar refractivity (Wildman–Crippen MR) is 130 cm³/mol. The van der Waals surface area contributed by atoms with Crippen molar-refractivity contribution in [3.8, 4) is 22.4 Å². The van der Waals surface area contributed by atoms with Gasteiger partial charge in [0.1, 0.15) is 18.0 Å². The van der Waals surface area contributed by atoms with Gasteiger partial charge in [-0.15, -0.1) is 0 Å². The number of amides is 1. The Bertz CT molecular complexity index is 1210. The molecule has 1 amide bonds. The maximum Gasteiger partial charge on any atom is 0.256 e. The third kappa shape index (κ3) is 4.14. The van der Waals surface area contributed by atoms with Crippen LogP contribution in [0, 0.1) is 11.2 Å². The van der Waals surface area contributed by atoms with Crippen LogP contribution in [0.4, 0.5) is 10.2 Å². The van der Waals surface area contributed by atoms with Crippen LogP contribution in [0.25, 0.3) is 22.4 Å². The predicted octanol–water partition coefficient (Wildman–Crippen LogP) is 3.71. The van der Waals surface area contributed by atoms with E-state index in [1.165, 1.54) is 12.4 Å². The number of halogens is 1. The van der Waals surface area contributed by atoms with Gasteiger partial charge in [-0.3, -0.25) is 4.79 Å². The summed E-state index contributed by atoms with van der Waals surface area (Å²) in [6.45, 7) is 5.36. The Morgan fingerprint density at radius 1 is 1.12 bits per heavy atom. The largest absolute Gasteiger partial charge is 0.384 e. The molecule has 8 heteroatoms. The number of aromatic nitrogens is 3. The number of nitrogens with zero attached hydrogens (tertiary/aromatic N) is 4. The van der Waals surface area contributed by atoms with Gasteiger partial charge in [-0.25, -0.2) is 19.3 Å². The normalized spacial score (nSPS) is 17.3. The number of anilines is 1. The van der Waals surface area contributed by atoms with Crippen LogP contribution < -0.4 is 11.1 Å². The lowest BCUT2D eigenvalue weighted by atomic mass is 9.78. The second-order valence-corrected chi connectivity index (χ2v) is 9.29. The fourth-order valence-electron chi connectivity index (χ4n) is 5.25. The molecule has 1 spiro atoms. The number of benzene rings is 1. The molecule has 1 aromatic carbocycles. The molecule has 5 rings (SSSR count). The van der Waals surface area contributed by atoms with Crippen LogP contribution in [0.1, 0.15) is 42.2 Å². The molecule has 2 saturated heterocycles. The number of hydrogen-bond acceptors (Lipinski definition) is 6. The van der Waals surface area contributed by atoms with Crippen LogP contribution in [-0.2, 0) is 6.42 Å². The van der Waals surface area contributed by atoms with E-state index in [4.69, 9.17) is 5.73 Å². The Labute approximate surface area is 198 Å². The van der Waals surface area contributed by atoms with Gasteiger partial charge in [0.25, 0.3) is 5.91 Å². The lowest BCUT2D eigenvalue weighted by Crippen LogP contribution is -2.39. The number of nitrogens with two attached hydrogens (primary N) is 1. The van der Waals surface area contributed by atoms with Crippen LogP contribution >= 0.6 is 0 Å². The van der Waals surface area contributed by atoms with Crippen molar-refractivity contribution >= 4 is 11.7 Å². The van der Waals surface area contributed by atoms with Gasteiger partial charge >= 0.3 is 0 Å². The van der Waals surface area contributed by atoms with Crippen molar-refractivity contribution in [2.24, 2.45) is 5.41 Å². The van der Waals surface area contributed by atoms with E-state index in [2.05, 4.69) is 20.3 Å². The molecular formula is C26H29FN6O. The lowest BCUT2D eigenvalue weighted by Gasteiger charge is -2.33. The Balaban J connectivity index is 1.46. The first-order valence-corrected chi connectivity index (χ1v) is 11.9. The summed E-state index contributed by atoms with van der Waals surface area (Å²) < 4.78 is 15.3. The summed E-state index contributed by atoms with van der Waals surface area (Å²) in [6.07, 6.45) is 6.96. The molecule has 2 aliphatic rings. The highest BCUT2D eigenvalue weighted by Crippen LogP contribution is 2.39. The lowest BCUT2D eigenvalue weighted by molar-refractivity contribution is 0.0757. The third-order valence-electron chi connectivity index (χ3n) is 7.20. The highest BCUT2D eigenvalue weighted by molar-refractivity contribution is 5.95. The average Bonchev–Trinajstić information content (AvgIpc) is 3.27. The Kier molecular flexibility index (Phi) is 6.00. The van der Waals surface area contributed by atoms with Crippen molar-refractivity contribution in [1.82, 2.24) is 25.2 Å². The molecule has 3 aromatic rings. The minimum Gasteiger partial charge on any atom is -0.384 e. The molecule has 176 valence electrons. The number of carbonyl (C=O) groups excluding carboxylic acids is 1. The second-order valence-electron chi connectivity index (χ2n) is 9.29. The van der Waals surface area contributed by atoms with Gasteiger partial charge < -0.3 is 16.0 Å². The molecule has 7 nitrogen and oxygen atoms in total. The van der Waals surface area contributed by atoms with Crippen molar-refractivity contribution in [2.75, 3.05) is 31.9 Å². The van der Waals surface area contributed by atoms with Crippen molar-refractivity contribution < 1.29 is 9.18 Å². The molecule has 2 aliphatic heterocycles. The van der Waals surface area contributed by atoms with Gasteiger partial charge in [-0.1, -0.05) is 13.0 Å². The number of nitrogen functional groups attached to an aromatic ring is 1. The van der Waals surface area contributed by atoms with Crippen molar-refractivity contribution in [3.63, 3.8) is 0 Å². The zero-order valence-corrected chi connectivity index (χ0v) is 19.4. The molecule has 0 saturated carbocycles. The summed E-state index contributed by atoms with van der Waals surface area (Å²) in [5.74, 6) is -0.353. The van der Waals surface area contributed by atoms with E-state index < -0.39 is 5.82 Å². The van der Waals surface area contributed by atoms with E-state index in [1.54, 1.807) is 24.4 Å². The Morgan fingerprint density at radius 3 is 2.62 bits per heavy atom. The van der Waals surface area contributed by atoms with Gasteiger partial charge in [0.15, 0.2) is 0 Å². The summed E-state index contributed by atoms with van der Waals surface area (Å²) >= 11 is 0. The zero-order valence-electron chi connectivity index (χ0n) is 19.4. The van der Waals surface area contributed by atoms with E-state index in [9.17, 15) is 4.79 Å². The Hall–Kier alpha value is -3.39. The van der Waals surface area contributed by atoms with Crippen LogP contribution in [0.2, 0.25) is 0 Å². The summed E-state index contributed by atoms with van der Waals surface area (Å²) in [7, 11) is 0. The molecule has 0 radical (unpaired) electrons. The highest BCUT2D eigenvalue weighted by atomic mass is 19.1. The maximum atomic E-state index is 15.3. The van der Waals surface area contributed by atoms with Gasteiger partial charge in [-0.05, 0) is 68.5 Å². The molecule has 4 heterocycles. The minimum atomic E-state index is -0.535. The minimum absolute atomic E-state index is 0.107. The van der Waals surface area contributed by atoms with Crippen molar-refractivity contribution in [2.45, 2.75) is 32.6 Å². The smallest absolute Gasteiger partial charge is 0.256 e.